The number of ether oxygens (including phenoxy) is 1. The summed E-state index contributed by atoms with van der Waals surface area (Å²) < 4.78 is 5.75. The van der Waals surface area contributed by atoms with Gasteiger partial charge in [0.1, 0.15) is 6.10 Å². The lowest BCUT2D eigenvalue weighted by Gasteiger charge is -2.17. The third-order valence-electron chi connectivity index (χ3n) is 10.1. The maximum Gasteiger partial charge on any atom is 0.306 e. The molecule has 0 radical (unpaired) electrons. The van der Waals surface area contributed by atoms with E-state index in [1.807, 2.05) is 0 Å². The van der Waals surface area contributed by atoms with Crippen molar-refractivity contribution in [3.63, 3.8) is 0 Å². The molecule has 1 atom stereocenters. The van der Waals surface area contributed by atoms with E-state index in [0.717, 1.165) is 64.2 Å². The molecule has 0 aromatic carbocycles. The summed E-state index contributed by atoms with van der Waals surface area (Å²) in [7, 11) is 0. The molecule has 1 unspecified atom stereocenters. The van der Waals surface area contributed by atoms with Crippen LogP contribution >= 0.6 is 0 Å². The number of carbonyl (C=O) groups excluding carboxylic acids is 1. The molecule has 0 aromatic rings. The molecule has 0 bridgehead atoms. The van der Waals surface area contributed by atoms with Crippen LogP contribution in [-0.2, 0) is 14.3 Å². The Hall–Kier alpha value is -2.10. The lowest BCUT2D eigenvalue weighted by molar-refractivity contribution is -0.151. The van der Waals surface area contributed by atoms with Crippen LogP contribution < -0.4 is 0 Å². The van der Waals surface area contributed by atoms with Crippen LogP contribution in [0.3, 0.4) is 0 Å². The number of allylic oxidation sites excluding steroid dienone is 8. The van der Waals surface area contributed by atoms with Crippen LogP contribution in [0.5, 0.6) is 0 Å². The molecular formula is C48H86O4. The Balaban J connectivity index is 3.74. The Kier molecular flexibility index (Phi) is 41.6. The molecule has 1 N–H and O–H groups in total. The number of carboxylic acids is 1. The first kappa shape index (κ1) is 49.9. The van der Waals surface area contributed by atoms with Gasteiger partial charge in [-0.05, 0) is 70.6 Å². The summed E-state index contributed by atoms with van der Waals surface area (Å²) in [5.74, 6) is -0.969. The highest BCUT2D eigenvalue weighted by Gasteiger charge is 2.16. The maximum atomic E-state index is 12.5. The molecular weight excluding hydrogens is 641 g/mol. The Morgan fingerprint density at radius 2 is 0.769 bits per heavy atom. The van der Waals surface area contributed by atoms with E-state index in [1.54, 1.807) is 0 Å². The van der Waals surface area contributed by atoms with Crippen molar-refractivity contribution in [2.75, 3.05) is 0 Å². The summed E-state index contributed by atoms with van der Waals surface area (Å²) in [4.78, 5) is 23.7. The van der Waals surface area contributed by atoms with Crippen molar-refractivity contribution in [2.24, 2.45) is 0 Å². The molecule has 0 saturated heterocycles. The zero-order valence-corrected chi connectivity index (χ0v) is 34.6. The molecule has 0 heterocycles. The molecule has 0 aliphatic carbocycles. The first-order chi connectivity index (χ1) is 25.6. The SMILES string of the molecule is CCCCC/C=C\C/C=C\C/C=C\C/C=C\CCCCCCCC(=O)OC(CCCCCCCCCCCCCCCCCCCC)CCC(=O)O. The zero-order chi connectivity index (χ0) is 37.8. The minimum absolute atomic E-state index is 0.0659. The molecule has 4 nitrogen and oxygen atoms in total. The first-order valence-electron chi connectivity index (χ1n) is 22.6. The van der Waals surface area contributed by atoms with Gasteiger partial charge >= 0.3 is 11.9 Å². The van der Waals surface area contributed by atoms with E-state index in [4.69, 9.17) is 9.84 Å². The standard InChI is InChI=1S/C48H86O4/c1-3-5-7-9-11-13-15-17-19-21-23-24-25-27-29-31-33-35-37-39-41-43-48(51)52-46(44-45-47(49)50)42-40-38-36-34-32-30-28-26-22-20-18-16-14-12-10-8-6-4-2/h11,13,17,19,23-24,27,29,46H,3-10,12,14-16,18,20-22,25-26,28,30-45H2,1-2H3,(H,49,50)/b13-11-,19-17-,24-23-,29-27-. The minimum Gasteiger partial charge on any atom is -0.481 e. The van der Waals surface area contributed by atoms with Gasteiger partial charge in [0.25, 0.3) is 0 Å². The van der Waals surface area contributed by atoms with Crippen molar-refractivity contribution < 1.29 is 19.4 Å². The van der Waals surface area contributed by atoms with Crippen molar-refractivity contribution in [3.05, 3.63) is 48.6 Å². The van der Waals surface area contributed by atoms with Gasteiger partial charge in [-0.3, -0.25) is 9.59 Å². The largest absolute Gasteiger partial charge is 0.481 e. The molecule has 4 heteroatoms. The fraction of sp³-hybridized carbons (Fsp3) is 0.792. The van der Waals surface area contributed by atoms with E-state index in [-0.39, 0.29) is 18.5 Å². The third kappa shape index (κ3) is 42.3. The summed E-state index contributed by atoms with van der Waals surface area (Å²) in [5.41, 5.74) is 0. The van der Waals surface area contributed by atoms with Gasteiger partial charge in [-0.2, -0.15) is 0 Å². The first-order valence-corrected chi connectivity index (χ1v) is 22.6. The van der Waals surface area contributed by atoms with Gasteiger partial charge in [0.2, 0.25) is 0 Å². The summed E-state index contributed by atoms with van der Waals surface area (Å²) >= 11 is 0. The van der Waals surface area contributed by atoms with E-state index in [9.17, 15) is 9.59 Å². The smallest absolute Gasteiger partial charge is 0.306 e. The number of hydrogen-bond donors (Lipinski definition) is 1. The van der Waals surface area contributed by atoms with Crippen molar-refractivity contribution in [2.45, 2.75) is 245 Å². The molecule has 302 valence electrons. The predicted molar refractivity (Wildman–Crippen MR) is 227 cm³/mol. The Morgan fingerprint density at radius 3 is 1.21 bits per heavy atom. The molecule has 0 aromatic heterocycles. The number of carboxylic acid groups (broad SMARTS) is 1. The van der Waals surface area contributed by atoms with Crippen molar-refractivity contribution in [1.82, 2.24) is 0 Å². The number of carbonyl (C=O) groups is 2. The van der Waals surface area contributed by atoms with E-state index in [1.165, 1.54) is 141 Å². The van der Waals surface area contributed by atoms with Gasteiger partial charge < -0.3 is 9.84 Å². The number of unbranched alkanes of at least 4 members (excludes halogenated alkanes) is 25. The molecule has 0 amide bonds. The van der Waals surface area contributed by atoms with Crippen LogP contribution in [0.1, 0.15) is 239 Å². The van der Waals surface area contributed by atoms with Gasteiger partial charge in [0.05, 0.1) is 0 Å². The van der Waals surface area contributed by atoms with Crippen LogP contribution in [0.25, 0.3) is 0 Å². The highest BCUT2D eigenvalue weighted by Crippen LogP contribution is 2.18. The Bertz CT molecular complexity index is 870. The van der Waals surface area contributed by atoms with Gasteiger partial charge in [-0.15, -0.1) is 0 Å². The zero-order valence-electron chi connectivity index (χ0n) is 34.6. The topological polar surface area (TPSA) is 63.6 Å². The van der Waals surface area contributed by atoms with Crippen LogP contribution in [-0.4, -0.2) is 23.1 Å². The summed E-state index contributed by atoms with van der Waals surface area (Å²) in [6, 6.07) is 0. The second kappa shape index (κ2) is 43.3. The lowest BCUT2D eigenvalue weighted by Crippen LogP contribution is -2.19. The van der Waals surface area contributed by atoms with Gasteiger partial charge in [-0.1, -0.05) is 204 Å². The van der Waals surface area contributed by atoms with Gasteiger partial charge in [0.15, 0.2) is 0 Å². The Morgan fingerprint density at radius 1 is 0.423 bits per heavy atom. The van der Waals surface area contributed by atoms with Crippen LogP contribution in [0.4, 0.5) is 0 Å². The molecule has 52 heavy (non-hydrogen) atoms. The highest BCUT2D eigenvalue weighted by molar-refractivity contribution is 5.69. The van der Waals surface area contributed by atoms with Crippen molar-refractivity contribution >= 4 is 11.9 Å². The van der Waals surface area contributed by atoms with E-state index < -0.39 is 5.97 Å². The fourth-order valence-electron chi connectivity index (χ4n) is 6.69. The summed E-state index contributed by atoms with van der Waals surface area (Å²) in [6.45, 7) is 4.53. The number of aliphatic carboxylic acids is 1. The third-order valence-corrected chi connectivity index (χ3v) is 10.1. The lowest BCUT2D eigenvalue weighted by atomic mass is 10.0. The predicted octanol–water partition coefficient (Wildman–Crippen LogP) is 15.9. The second-order valence-corrected chi connectivity index (χ2v) is 15.2. The molecule has 0 spiro atoms. The summed E-state index contributed by atoms with van der Waals surface area (Å²) in [6.07, 6.45) is 58.5. The monoisotopic (exact) mass is 727 g/mol. The van der Waals surface area contributed by atoms with Gasteiger partial charge in [0, 0.05) is 12.8 Å². The normalized spacial score (nSPS) is 12.7. The second-order valence-electron chi connectivity index (χ2n) is 15.2. The number of hydrogen-bond acceptors (Lipinski definition) is 3. The molecule has 0 fully saturated rings. The van der Waals surface area contributed by atoms with Crippen LogP contribution in [0.15, 0.2) is 48.6 Å². The van der Waals surface area contributed by atoms with Crippen molar-refractivity contribution in [1.29, 1.82) is 0 Å². The van der Waals surface area contributed by atoms with Crippen LogP contribution in [0, 0.1) is 0 Å². The highest BCUT2D eigenvalue weighted by atomic mass is 16.5. The van der Waals surface area contributed by atoms with E-state index in [2.05, 4.69) is 62.5 Å². The van der Waals surface area contributed by atoms with Gasteiger partial charge in [-0.25, -0.2) is 0 Å². The Labute approximate surface area is 323 Å². The van der Waals surface area contributed by atoms with E-state index >= 15 is 0 Å². The molecule has 0 rings (SSSR count). The molecule has 0 aliphatic rings. The quantitative estimate of drug-likeness (QED) is 0.0387. The number of rotatable bonds is 41. The number of esters is 1. The van der Waals surface area contributed by atoms with E-state index in [0.29, 0.717) is 12.8 Å². The average molecular weight is 727 g/mol. The molecule has 0 aliphatic heterocycles. The van der Waals surface area contributed by atoms with Crippen molar-refractivity contribution in [3.8, 4) is 0 Å². The average Bonchev–Trinajstić information content (AvgIpc) is 3.13. The minimum atomic E-state index is -0.815. The summed E-state index contributed by atoms with van der Waals surface area (Å²) in [5, 5.41) is 9.16. The molecule has 0 saturated carbocycles. The van der Waals surface area contributed by atoms with Crippen LogP contribution in [0.2, 0.25) is 0 Å². The maximum absolute atomic E-state index is 12.5. The fourth-order valence-corrected chi connectivity index (χ4v) is 6.69.